The van der Waals surface area contributed by atoms with Crippen LogP contribution in [0.25, 0.3) is 0 Å². The Bertz CT molecular complexity index is 565. The average Bonchev–Trinajstić information content (AvgIpc) is 2.69. The summed E-state index contributed by atoms with van der Waals surface area (Å²) in [5, 5.41) is 2.85. The van der Waals surface area contributed by atoms with Gasteiger partial charge in [0, 0.05) is 15.0 Å². The topological polar surface area (TPSA) is 42.0 Å². The summed E-state index contributed by atoms with van der Waals surface area (Å²) < 4.78 is 5.08. The number of amides is 1. The maximum absolute atomic E-state index is 11.9. The van der Waals surface area contributed by atoms with Gasteiger partial charge in [0.15, 0.2) is 0 Å². The second-order valence-corrected chi connectivity index (χ2v) is 5.66. The lowest BCUT2D eigenvalue weighted by molar-refractivity contribution is 0.102. The van der Waals surface area contributed by atoms with Crippen molar-refractivity contribution in [3.8, 4) is 0 Å². The molecule has 0 saturated heterocycles. The molecule has 0 atom stereocenters. The molecule has 0 saturated carbocycles. The first-order valence-electron chi connectivity index (χ1n) is 5.07. The first-order valence-corrected chi connectivity index (χ1v) is 6.64. The third-order valence-electron chi connectivity index (χ3n) is 2.30. The van der Waals surface area contributed by atoms with Gasteiger partial charge in [-0.3, -0.25) is 4.79 Å². The highest BCUT2D eigenvalue weighted by molar-refractivity contribution is 9.10. The number of hydrogen-bond donors (Lipinski definition) is 1. The molecule has 1 heterocycles. The van der Waals surface area contributed by atoms with Crippen molar-refractivity contribution in [2.75, 3.05) is 5.32 Å². The molecule has 1 N–H and O–H groups in total. The van der Waals surface area contributed by atoms with Gasteiger partial charge in [0.05, 0.1) is 0 Å². The van der Waals surface area contributed by atoms with E-state index in [0.717, 1.165) is 20.6 Å². The zero-order chi connectivity index (χ0) is 12.4. The van der Waals surface area contributed by atoms with Gasteiger partial charge in [-0.25, -0.2) is 0 Å². The normalized spacial score (nSPS) is 10.3. The molecular formula is C12H11BrN2OS. The van der Waals surface area contributed by atoms with Gasteiger partial charge in [-0.05, 0) is 55.2 Å². The van der Waals surface area contributed by atoms with E-state index in [-0.39, 0.29) is 5.91 Å². The number of anilines is 1. The van der Waals surface area contributed by atoms with Crippen LogP contribution in [0.2, 0.25) is 0 Å². The van der Waals surface area contributed by atoms with Crippen molar-refractivity contribution < 1.29 is 4.79 Å². The third kappa shape index (κ3) is 2.92. The van der Waals surface area contributed by atoms with Crippen LogP contribution in [0, 0.1) is 13.8 Å². The Hall–Kier alpha value is -1.20. The number of benzene rings is 1. The predicted molar refractivity (Wildman–Crippen MR) is 73.7 cm³/mol. The molecule has 88 valence electrons. The van der Waals surface area contributed by atoms with E-state index >= 15 is 0 Å². The monoisotopic (exact) mass is 310 g/mol. The first-order chi connectivity index (χ1) is 8.06. The molecule has 0 aliphatic carbocycles. The van der Waals surface area contributed by atoms with E-state index in [4.69, 9.17) is 0 Å². The Morgan fingerprint density at radius 1 is 1.35 bits per heavy atom. The summed E-state index contributed by atoms with van der Waals surface area (Å²) in [4.78, 5) is 12.9. The second-order valence-electron chi connectivity index (χ2n) is 3.74. The zero-order valence-corrected chi connectivity index (χ0v) is 11.9. The summed E-state index contributed by atoms with van der Waals surface area (Å²) in [7, 11) is 0. The molecule has 0 bridgehead atoms. The van der Waals surface area contributed by atoms with Crippen molar-refractivity contribution in [3.63, 3.8) is 0 Å². The first kappa shape index (κ1) is 12.3. The van der Waals surface area contributed by atoms with Crippen LogP contribution < -0.4 is 5.32 Å². The van der Waals surface area contributed by atoms with Crippen molar-refractivity contribution in [1.82, 2.24) is 4.37 Å². The molecule has 1 aromatic heterocycles. The number of aryl methyl sites for hydroxylation is 2. The van der Waals surface area contributed by atoms with E-state index in [1.165, 1.54) is 11.5 Å². The fourth-order valence-electron chi connectivity index (χ4n) is 1.43. The molecule has 0 aliphatic heterocycles. The van der Waals surface area contributed by atoms with Crippen molar-refractivity contribution >= 4 is 39.1 Å². The fraction of sp³-hybridized carbons (Fsp3) is 0.167. The zero-order valence-electron chi connectivity index (χ0n) is 9.45. The van der Waals surface area contributed by atoms with Crippen LogP contribution in [0.15, 0.2) is 28.7 Å². The summed E-state index contributed by atoms with van der Waals surface area (Å²) in [5.41, 5.74) is 2.29. The van der Waals surface area contributed by atoms with Gasteiger partial charge < -0.3 is 5.32 Å². The molecule has 17 heavy (non-hydrogen) atoms. The van der Waals surface area contributed by atoms with Crippen LogP contribution in [0.4, 0.5) is 5.69 Å². The molecule has 0 unspecified atom stereocenters. The number of hydrogen-bond acceptors (Lipinski definition) is 3. The van der Waals surface area contributed by atoms with Crippen LogP contribution in [0.5, 0.6) is 0 Å². The number of nitrogens with zero attached hydrogens (tertiary/aromatic N) is 1. The summed E-state index contributed by atoms with van der Waals surface area (Å²) in [5.74, 6) is -0.167. The molecule has 0 fully saturated rings. The minimum Gasteiger partial charge on any atom is -0.320 e. The molecule has 3 nitrogen and oxygen atoms in total. The Kier molecular flexibility index (Phi) is 3.59. The van der Waals surface area contributed by atoms with Crippen molar-refractivity contribution in [2.24, 2.45) is 0 Å². The molecule has 2 aromatic rings. The fourth-order valence-corrected chi connectivity index (χ4v) is 2.44. The molecule has 1 amide bonds. The summed E-state index contributed by atoms with van der Waals surface area (Å²) in [6.07, 6.45) is 0. The number of carbonyl (C=O) groups is 1. The number of nitrogens with one attached hydrogen (secondary N) is 1. The number of aromatic nitrogens is 1. The maximum atomic E-state index is 11.9. The van der Waals surface area contributed by atoms with Crippen LogP contribution in [0.1, 0.15) is 20.9 Å². The molecule has 0 aliphatic rings. The van der Waals surface area contributed by atoms with Gasteiger partial charge >= 0.3 is 0 Å². The van der Waals surface area contributed by atoms with E-state index < -0.39 is 0 Å². The Labute approximate surface area is 112 Å². The smallest absolute Gasteiger partial charge is 0.275 e. The highest BCUT2D eigenvalue weighted by atomic mass is 79.9. The molecule has 2 rings (SSSR count). The molecule has 0 spiro atoms. The van der Waals surface area contributed by atoms with Crippen LogP contribution in [0.3, 0.4) is 0 Å². The van der Waals surface area contributed by atoms with Gasteiger partial charge in [-0.15, -0.1) is 0 Å². The largest absolute Gasteiger partial charge is 0.320 e. The predicted octanol–water partition coefficient (Wildman–Crippen LogP) is 3.77. The van der Waals surface area contributed by atoms with Gasteiger partial charge in [0.2, 0.25) is 0 Å². The standard InChI is InChI=1S/C12H11BrN2OS/c1-7-5-9(13)3-4-10(7)14-12(16)11-6-8(2)17-15-11/h3-6H,1-2H3,(H,14,16). The minimum absolute atomic E-state index is 0.167. The molecule has 5 heteroatoms. The Balaban J connectivity index is 2.18. The SMILES string of the molecule is Cc1cc(C(=O)Nc2ccc(Br)cc2C)ns1. The highest BCUT2D eigenvalue weighted by Crippen LogP contribution is 2.20. The minimum atomic E-state index is -0.167. The number of halogens is 1. The second kappa shape index (κ2) is 4.98. The van der Waals surface area contributed by atoms with Crippen LogP contribution >= 0.6 is 27.5 Å². The summed E-state index contributed by atoms with van der Waals surface area (Å²) in [6, 6.07) is 7.52. The number of carbonyl (C=O) groups excluding carboxylic acids is 1. The average molecular weight is 311 g/mol. The lowest BCUT2D eigenvalue weighted by atomic mass is 10.2. The van der Waals surface area contributed by atoms with Gasteiger partial charge in [0.1, 0.15) is 5.69 Å². The van der Waals surface area contributed by atoms with E-state index in [2.05, 4.69) is 25.6 Å². The Morgan fingerprint density at radius 3 is 2.71 bits per heavy atom. The van der Waals surface area contributed by atoms with E-state index in [1.54, 1.807) is 6.07 Å². The summed E-state index contributed by atoms with van der Waals surface area (Å²) in [6.45, 7) is 3.88. The third-order valence-corrected chi connectivity index (χ3v) is 3.48. The van der Waals surface area contributed by atoms with Crippen molar-refractivity contribution in [2.45, 2.75) is 13.8 Å². The quantitative estimate of drug-likeness (QED) is 0.917. The van der Waals surface area contributed by atoms with Crippen LogP contribution in [-0.4, -0.2) is 10.3 Å². The lowest BCUT2D eigenvalue weighted by Gasteiger charge is -2.07. The van der Waals surface area contributed by atoms with Crippen molar-refractivity contribution in [1.29, 1.82) is 0 Å². The maximum Gasteiger partial charge on any atom is 0.275 e. The van der Waals surface area contributed by atoms with E-state index in [0.29, 0.717) is 5.69 Å². The van der Waals surface area contributed by atoms with Crippen LogP contribution in [-0.2, 0) is 0 Å². The molecule has 0 radical (unpaired) electrons. The highest BCUT2D eigenvalue weighted by Gasteiger charge is 2.10. The summed E-state index contributed by atoms with van der Waals surface area (Å²) >= 11 is 4.72. The van der Waals surface area contributed by atoms with Gasteiger partial charge in [-0.1, -0.05) is 15.9 Å². The molecular weight excluding hydrogens is 300 g/mol. The van der Waals surface area contributed by atoms with Crippen molar-refractivity contribution in [3.05, 3.63) is 44.9 Å². The number of rotatable bonds is 2. The van der Waals surface area contributed by atoms with Gasteiger partial charge in [0.25, 0.3) is 5.91 Å². The Morgan fingerprint density at radius 2 is 2.12 bits per heavy atom. The van der Waals surface area contributed by atoms with E-state index in [9.17, 15) is 4.79 Å². The van der Waals surface area contributed by atoms with Gasteiger partial charge in [-0.2, -0.15) is 4.37 Å². The molecule has 1 aromatic carbocycles. The lowest BCUT2D eigenvalue weighted by Crippen LogP contribution is -2.12. The van der Waals surface area contributed by atoms with E-state index in [1.807, 2.05) is 32.0 Å².